The van der Waals surface area contributed by atoms with Crippen molar-refractivity contribution >= 4 is 33.3 Å². The van der Waals surface area contributed by atoms with Crippen LogP contribution in [-0.2, 0) is 0 Å². The molecular weight excluding hydrogens is 413 g/mol. The van der Waals surface area contributed by atoms with Crippen LogP contribution < -0.4 is 0 Å². The van der Waals surface area contributed by atoms with Gasteiger partial charge in [0.15, 0.2) is 11.0 Å². The summed E-state index contributed by atoms with van der Waals surface area (Å²) in [6, 6.07) is 7.13. The average Bonchev–Trinajstić information content (AvgIpc) is 3.50. The lowest BCUT2D eigenvalue weighted by atomic mass is 10.1. The highest BCUT2D eigenvalue weighted by molar-refractivity contribution is 7.14. The van der Waals surface area contributed by atoms with Crippen molar-refractivity contribution in [2.75, 3.05) is 0 Å². The molecule has 0 aliphatic carbocycles. The van der Waals surface area contributed by atoms with Crippen LogP contribution in [0.1, 0.15) is 5.56 Å². The molecule has 0 radical (unpaired) electrons. The Labute approximate surface area is 179 Å². The fourth-order valence-corrected chi connectivity index (χ4v) is 4.40. The van der Waals surface area contributed by atoms with Gasteiger partial charge in [0.2, 0.25) is 0 Å². The van der Waals surface area contributed by atoms with E-state index in [-0.39, 0.29) is 5.13 Å². The summed E-state index contributed by atoms with van der Waals surface area (Å²) >= 11 is 1.07. The zero-order chi connectivity index (χ0) is 20.9. The highest BCUT2D eigenvalue weighted by Gasteiger charge is 2.17. The molecule has 0 aliphatic rings. The molecule has 9 heteroatoms. The van der Waals surface area contributed by atoms with Gasteiger partial charge in [-0.05, 0) is 36.8 Å². The number of thiophene rings is 1. The molecule has 2 N–H and O–H groups in total. The van der Waals surface area contributed by atoms with Crippen LogP contribution in [0.15, 0.2) is 55.2 Å². The van der Waals surface area contributed by atoms with Crippen LogP contribution in [0.4, 0.5) is 4.39 Å². The minimum atomic E-state index is -0.244. The number of aromatic amines is 2. The van der Waals surface area contributed by atoms with Crippen LogP contribution >= 0.6 is 11.3 Å². The summed E-state index contributed by atoms with van der Waals surface area (Å²) in [6.45, 7) is 2.03. The molecule has 0 bridgehead atoms. The Morgan fingerprint density at radius 3 is 2.71 bits per heavy atom. The molecule has 0 unspecified atom stereocenters. The first-order valence-corrected chi connectivity index (χ1v) is 10.3. The van der Waals surface area contributed by atoms with Crippen molar-refractivity contribution in [2.45, 2.75) is 6.92 Å². The number of pyridine rings is 3. The molecule has 0 aliphatic heterocycles. The number of hydrogen-bond acceptors (Lipinski definition) is 6. The van der Waals surface area contributed by atoms with Gasteiger partial charge in [-0.15, -0.1) is 11.3 Å². The van der Waals surface area contributed by atoms with Crippen molar-refractivity contribution in [3.8, 4) is 33.2 Å². The van der Waals surface area contributed by atoms with Crippen molar-refractivity contribution in [3.63, 3.8) is 0 Å². The molecule has 0 fully saturated rings. The maximum atomic E-state index is 13.6. The first-order chi connectivity index (χ1) is 15.2. The van der Waals surface area contributed by atoms with E-state index in [2.05, 4.69) is 30.1 Å². The molecule has 0 aromatic carbocycles. The highest BCUT2D eigenvalue weighted by Crippen LogP contribution is 2.34. The summed E-state index contributed by atoms with van der Waals surface area (Å²) < 4.78 is 13.6. The molecule has 0 amide bonds. The first kappa shape index (κ1) is 17.8. The first-order valence-electron chi connectivity index (χ1n) is 9.52. The monoisotopic (exact) mass is 427 g/mol. The molecule has 6 aromatic heterocycles. The number of hydrogen-bond donors (Lipinski definition) is 2. The Kier molecular flexibility index (Phi) is 3.90. The predicted octanol–water partition coefficient (Wildman–Crippen LogP) is 5.13. The van der Waals surface area contributed by atoms with Crippen molar-refractivity contribution < 1.29 is 4.39 Å². The topological polar surface area (TPSA) is 96.0 Å². The molecule has 6 heterocycles. The Balaban J connectivity index is 1.52. The van der Waals surface area contributed by atoms with E-state index < -0.39 is 0 Å². The minimum absolute atomic E-state index is 0.244. The number of rotatable bonds is 3. The summed E-state index contributed by atoms with van der Waals surface area (Å²) in [4.78, 5) is 21.9. The highest BCUT2D eigenvalue weighted by atomic mass is 32.1. The fourth-order valence-electron chi connectivity index (χ4n) is 3.66. The predicted molar refractivity (Wildman–Crippen MR) is 118 cm³/mol. The van der Waals surface area contributed by atoms with Crippen LogP contribution in [0.2, 0.25) is 0 Å². The van der Waals surface area contributed by atoms with Crippen molar-refractivity contribution in [1.82, 2.24) is 35.1 Å². The maximum Gasteiger partial charge on any atom is 0.176 e. The molecular formula is C22H14FN7S. The average molecular weight is 427 g/mol. The van der Waals surface area contributed by atoms with Crippen molar-refractivity contribution in [2.24, 2.45) is 0 Å². The Morgan fingerprint density at radius 1 is 0.968 bits per heavy atom. The minimum Gasteiger partial charge on any atom is -0.335 e. The third-order valence-corrected chi connectivity index (χ3v) is 6.13. The van der Waals surface area contributed by atoms with E-state index >= 15 is 0 Å². The van der Waals surface area contributed by atoms with Crippen molar-refractivity contribution in [1.29, 1.82) is 0 Å². The van der Waals surface area contributed by atoms with Gasteiger partial charge in [0.05, 0.1) is 29.1 Å². The number of halogens is 1. The van der Waals surface area contributed by atoms with Gasteiger partial charge < -0.3 is 4.98 Å². The van der Waals surface area contributed by atoms with E-state index in [4.69, 9.17) is 4.98 Å². The van der Waals surface area contributed by atoms with Gasteiger partial charge in [-0.25, -0.2) is 4.98 Å². The van der Waals surface area contributed by atoms with Crippen LogP contribution in [0.5, 0.6) is 0 Å². The third-order valence-electron chi connectivity index (χ3n) is 5.22. The van der Waals surface area contributed by atoms with Crippen molar-refractivity contribution in [3.05, 3.63) is 65.9 Å². The zero-order valence-corrected chi connectivity index (χ0v) is 17.0. The van der Waals surface area contributed by atoms with E-state index in [0.717, 1.165) is 60.5 Å². The van der Waals surface area contributed by atoms with Gasteiger partial charge in [0.1, 0.15) is 11.2 Å². The molecule has 0 spiro atoms. The van der Waals surface area contributed by atoms with E-state index in [0.29, 0.717) is 11.5 Å². The third kappa shape index (κ3) is 2.89. The van der Waals surface area contributed by atoms with Gasteiger partial charge in [-0.2, -0.15) is 9.49 Å². The standard InChI is InChI=1S/C22H14FN7S/c1-11-4-5-24-7-13(11)15-6-12-16(10-26-15)29-30-21(12)22-27-17-9-25-8-14(20(17)28-22)18-2-3-19(23)31-18/h2-10H,1H3,(H,27,28)(H,29,30). The van der Waals surface area contributed by atoms with E-state index in [1.807, 2.05) is 25.3 Å². The van der Waals surface area contributed by atoms with Gasteiger partial charge in [-0.3, -0.25) is 20.1 Å². The largest absolute Gasteiger partial charge is 0.335 e. The Morgan fingerprint density at radius 2 is 1.87 bits per heavy atom. The SMILES string of the molecule is Cc1ccncc1-c1cc2c(-c3nc4c(-c5ccc(F)s5)cncc4[nH]3)n[nH]c2cn1. The summed E-state index contributed by atoms with van der Waals surface area (Å²) in [5.74, 6) is 0.604. The molecule has 0 saturated carbocycles. The number of aryl methyl sites for hydroxylation is 1. The molecule has 150 valence electrons. The summed E-state index contributed by atoms with van der Waals surface area (Å²) in [6.07, 6.45) is 8.74. The van der Waals surface area contributed by atoms with E-state index in [9.17, 15) is 4.39 Å². The molecule has 31 heavy (non-hydrogen) atoms. The lowest BCUT2D eigenvalue weighted by molar-refractivity contribution is 0.657. The quantitative estimate of drug-likeness (QED) is 0.408. The lowest BCUT2D eigenvalue weighted by Crippen LogP contribution is -1.88. The number of nitrogens with zero attached hydrogens (tertiary/aromatic N) is 5. The van der Waals surface area contributed by atoms with Crippen LogP contribution in [0, 0.1) is 12.1 Å². The van der Waals surface area contributed by atoms with Gasteiger partial charge >= 0.3 is 0 Å². The number of nitrogens with one attached hydrogen (secondary N) is 2. The van der Waals surface area contributed by atoms with Crippen LogP contribution in [-0.4, -0.2) is 35.1 Å². The fraction of sp³-hybridized carbons (Fsp3) is 0.0455. The number of H-pyrrole nitrogens is 2. The number of aromatic nitrogens is 7. The molecule has 0 saturated heterocycles. The Hall–Kier alpha value is -3.98. The number of fused-ring (bicyclic) bond motifs is 2. The summed E-state index contributed by atoms with van der Waals surface area (Å²) in [5, 5.41) is 8.14. The zero-order valence-electron chi connectivity index (χ0n) is 16.2. The Bertz CT molecular complexity index is 1580. The van der Waals surface area contributed by atoms with Gasteiger partial charge in [0, 0.05) is 40.0 Å². The normalized spacial score (nSPS) is 11.5. The molecule has 7 nitrogen and oxygen atoms in total. The second-order valence-electron chi connectivity index (χ2n) is 7.15. The maximum absolute atomic E-state index is 13.6. The lowest BCUT2D eigenvalue weighted by Gasteiger charge is -2.04. The van der Waals surface area contributed by atoms with E-state index in [1.54, 1.807) is 30.9 Å². The molecule has 6 aromatic rings. The second-order valence-corrected chi connectivity index (χ2v) is 8.18. The van der Waals surface area contributed by atoms with Crippen LogP contribution in [0.3, 0.4) is 0 Å². The molecule has 6 rings (SSSR count). The number of imidazole rings is 1. The van der Waals surface area contributed by atoms with Gasteiger partial charge in [-0.1, -0.05) is 0 Å². The van der Waals surface area contributed by atoms with Crippen LogP contribution in [0.25, 0.3) is 55.2 Å². The molecule has 0 atom stereocenters. The van der Waals surface area contributed by atoms with Gasteiger partial charge in [0.25, 0.3) is 0 Å². The van der Waals surface area contributed by atoms with E-state index in [1.165, 1.54) is 6.07 Å². The summed E-state index contributed by atoms with van der Waals surface area (Å²) in [7, 11) is 0. The second kappa shape index (κ2) is 6.78. The summed E-state index contributed by atoms with van der Waals surface area (Å²) in [5.41, 5.74) is 6.62. The smallest absolute Gasteiger partial charge is 0.176 e.